The highest BCUT2D eigenvalue weighted by molar-refractivity contribution is 6.34. The van der Waals surface area contributed by atoms with Crippen molar-refractivity contribution in [2.24, 2.45) is 23.2 Å². The summed E-state index contributed by atoms with van der Waals surface area (Å²) in [7, 11) is 0. The minimum absolute atomic E-state index is 0.123. The standard InChI is InChI=1S/C22H23Cl2N3O/c23-18-2-1-16(19-20(24)26-4-3-25-19)8-17(18)21(28)27-12-22-9-13-5-14(10-22)7-15(6-13)11-22/h1-4,8,13-15H,5-7,9-12H2,(H,27,28). The van der Waals surface area contributed by atoms with Gasteiger partial charge in [-0.05, 0) is 73.8 Å². The maximum atomic E-state index is 13.0. The van der Waals surface area contributed by atoms with E-state index < -0.39 is 0 Å². The average Bonchev–Trinajstić information content (AvgIpc) is 2.66. The van der Waals surface area contributed by atoms with E-state index in [2.05, 4.69) is 15.3 Å². The van der Waals surface area contributed by atoms with Gasteiger partial charge in [0, 0.05) is 24.5 Å². The first-order valence-corrected chi connectivity index (χ1v) is 10.8. The van der Waals surface area contributed by atoms with Crippen LogP contribution in [0.3, 0.4) is 0 Å². The van der Waals surface area contributed by atoms with E-state index in [4.69, 9.17) is 23.2 Å². The van der Waals surface area contributed by atoms with Crippen LogP contribution in [0, 0.1) is 23.2 Å². The molecule has 4 aliphatic rings. The lowest BCUT2D eigenvalue weighted by Crippen LogP contribution is -2.51. The lowest BCUT2D eigenvalue weighted by molar-refractivity contribution is -0.0503. The van der Waals surface area contributed by atoms with E-state index in [0.29, 0.717) is 26.8 Å². The van der Waals surface area contributed by atoms with Gasteiger partial charge in [-0.2, -0.15) is 0 Å². The Morgan fingerprint density at radius 2 is 1.68 bits per heavy atom. The predicted octanol–water partition coefficient (Wildman–Crippen LogP) is 5.40. The fourth-order valence-corrected chi connectivity index (χ4v) is 6.65. The van der Waals surface area contributed by atoms with E-state index in [1.807, 2.05) is 6.07 Å². The maximum absolute atomic E-state index is 13.0. The Balaban J connectivity index is 1.34. The van der Waals surface area contributed by atoms with Gasteiger partial charge in [0.05, 0.1) is 10.6 Å². The smallest absolute Gasteiger partial charge is 0.252 e. The van der Waals surface area contributed by atoms with Gasteiger partial charge in [0.1, 0.15) is 5.69 Å². The van der Waals surface area contributed by atoms with Crippen LogP contribution >= 0.6 is 23.2 Å². The number of benzene rings is 1. The minimum atomic E-state index is -0.123. The summed E-state index contributed by atoms with van der Waals surface area (Å²) >= 11 is 12.5. The van der Waals surface area contributed by atoms with Gasteiger partial charge in [0.2, 0.25) is 0 Å². The zero-order chi connectivity index (χ0) is 19.3. The number of hydrogen-bond acceptors (Lipinski definition) is 3. The molecule has 0 radical (unpaired) electrons. The number of hydrogen-bond donors (Lipinski definition) is 1. The van der Waals surface area contributed by atoms with Crippen LogP contribution < -0.4 is 5.32 Å². The summed E-state index contributed by atoms with van der Waals surface area (Å²) in [6.07, 6.45) is 11.1. The maximum Gasteiger partial charge on any atom is 0.252 e. The molecule has 1 aromatic carbocycles. The molecule has 4 aliphatic carbocycles. The molecule has 4 bridgehead atoms. The molecule has 1 amide bonds. The molecule has 28 heavy (non-hydrogen) atoms. The van der Waals surface area contributed by atoms with E-state index in [0.717, 1.165) is 29.9 Å². The first-order chi connectivity index (χ1) is 13.5. The van der Waals surface area contributed by atoms with Crippen LogP contribution in [0.15, 0.2) is 30.6 Å². The Morgan fingerprint density at radius 3 is 2.32 bits per heavy atom. The van der Waals surface area contributed by atoms with Crippen molar-refractivity contribution >= 4 is 29.1 Å². The molecule has 6 rings (SSSR count). The van der Waals surface area contributed by atoms with Crippen molar-refractivity contribution in [1.82, 2.24) is 15.3 Å². The first kappa shape index (κ1) is 18.4. The van der Waals surface area contributed by atoms with E-state index in [9.17, 15) is 4.79 Å². The van der Waals surface area contributed by atoms with Crippen LogP contribution in [0.25, 0.3) is 11.3 Å². The van der Waals surface area contributed by atoms with Crippen LogP contribution in [-0.4, -0.2) is 22.4 Å². The van der Waals surface area contributed by atoms with Crippen molar-refractivity contribution in [3.63, 3.8) is 0 Å². The van der Waals surface area contributed by atoms with Crippen molar-refractivity contribution < 1.29 is 4.79 Å². The summed E-state index contributed by atoms with van der Waals surface area (Å²) in [5, 5.41) is 3.94. The molecule has 6 heteroatoms. The SMILES string of the molecule is O=C(NCC12CC3CC(CC(C3)C1)C2)c1cc(-c2nccnc2Cl)ccc1Cl. The van der Waals surface area contributed by atoms with Gasteiger partial charge in [0.15, 0.2) is 5.15 Å². The molecule has 0 saturated heterocycles. The molecule has 0 unspecified atom stereocenters. The normalized spacial score (nSPS) is 30.4. The largest absolute Gasteiger partial charge is 0.351 e. The monoisotopic (exact) mass is 415 g/mol. The number of halogens is 2. The fraction of sp³-hybridized carbons (Fsp3) is 0.500. The number of rotatable bonds is 4. The molecule has 4 nitrogen and oxygen atoms in total. The van der Waals surface area contributed by atoms with Crippen LogP contribution in [0.4, 0.5) is 0 Å². The number of nitrogens with one attached hydrogen (secondary N) is 1. The number of nitrogens with zero attached hydrogens (tertiary/aromatic N) is 2. The lowest BCUT2D eigenvalue weighted by Gasteiger charge is -2.56. The lowest BCUT2D eigenvalue weighted by atomic mass is 9.49. The van der Waals surface area contributed by atoms with Crippen molar-refractivity contribution in [1.29, 1.82) is 0 Å². The molecule has 4 saturated carbocycles. The van der Waals surface area contributed by atoms with E-state index >= 15 is 0 Å². The molecule has 0 spiro atoms. The summed E-state index contributed by atoms with van der Waals surface area (Å²) in [5.41, 5.74) is 2.05. The van der Waals surface area contributed by atoms with Crippen LogP contribution in [0.1, 0.15) is 48.9 Å². The molecule has 1 N–H and O–H groups in total. The Morgan fingerprint density at radius 1 is 1.04 bits per heavy atom. The summed E-state index contributed by atoms with van der Waals surface area (Å²) < 4.78 is 0. The minimum Gasteiger partial charge on any atom is -0.351 e. The molecule has 1 heterocycles. The second-order valence-corrected chi connectivity index (χ2v) is 9.76. The van der Waals surface area contributed by atoms with Gasteiger partial charge in [-0.1, -0.05) is 29.3 Å². The third-order valence-corrected chi connectivity index (χ3v) is 7.53. The molecule has 146 valence electrons. The number of aromatic nitrogens is 2. The zero-order valence-corrected chi connectivity index (χ0v) is 17.1. The highest BCUT2D eigenvalue weighted by Gasteiger charge is 2.50. The van der Waals surface area contributed by atoms with E-state index in [-0.39, 0.29) is 5.91 Å². The third-order valence-electron chi connectivity index (χ3n) is 6.93. The fourth-order valence-electron chi connectivity index (χ4n) is 6.23. The molecule has 1 aromatic heterocycles. The topological polar surface area (TPSA) is 54.9 Å². The van der Waals surface area contributed by atoms with Gasteiger partial charge < -0.3 is 5.32 Å². The Labute approximate surface area is 175 Å². The quantitative estimate of drug-likeness (QED) is 0.727. The summed E-state index contributed by atoms with van der Waals surface area (Å²) in [4.78, 5) is 21.3. The Hall–Kier alpha value is -1.65. The Bertz CT molecular complexity index is 894. The van der Waals surface area contributed by atoms with Crippen molar-refractivity contribution in [3.05, 3.63) is 46.3 Å². The van der Waals surface area contributed by atoms with Gasteiger partial charge in [-0.25, -0.2) is 4.98 Å². The van der Waals surface area contributed by atoms with Gasteiger partial charge in [-0.15, -0.1) is 0 Å². The molecule has 0 atom stereocenters. The van der Waals surface area contributed by atoms with Crippen LogP contribution in [0.2, 0.25) is 10.2 Å². The first-order valence-electron chi connectivity index (χ1n) is 10.1. The van der Waals surface area contributed by atoms with Gasteiger partial charge in [0.25, 0.3) is 5.91 Å². The van der Waals surface area contributed by atoms with Crippen molar-refractivity contribution in [2.45, 2.75) is 38.5 Å². The van der Waals surface area contributed by atoms with Crippen molar-refractivity contribution in [2.75, 3.05) is 6.54 Å². The number of carbonyl (C=O) groups excluding carboxylic acids is 1. The molecular weight excluding hydrogens is 393 g/mol. The highest BCUT2D eigenvalue weighted by atomic mass is 35.5. The molecular formula is C22H23Cl2N3O. The summed E-state index contributed by atoms with van der Waals surface area (Å²) in [6.45, 7) is 0.752. The van der Waals surface area contributed by atoms with Crippen LogP contribution in [-0.2, 0) is 0 Å². The number of carbonyl (C=O) groups is 1. The van der Waals surface area contributed by atoms with E-state index in [1.165, 1.54) is 38.5 Å². The van der Waals surface area contributed by atoms with Gasteiger partial charge >= 0.3 is 0 Å². The molecule has 0 aliphatic heterocycles. The van der Waals surface area contributed by atoms with Gasteiger partial charge in [-0.3, -0.25) is 9.78 Å². The third kappa shape index (κ3) is 3.31. The average molecular weight is 416 g/mol. The van der Waals surface area contributed by atoms with E-state index in [1.54, 1.807) is 24.5 Å². The summed E-state index contributed by atoms with van der Waals surface area (Å²) in [6, 6.07) is 5.29. The highest BCUT2D eigenvalue weighted by Crippen LogP contribution is 2.59. The Kier molecular flexibility index (Phi) is 4.59. The summed E-state index contributed by atoms with van der Waals surface area (Å²) in [5.74, 6) is 2.49. The molecule has 4 fully saturated rings. The van der Waals surface area contributed by atoms with Crippen LogP contribution in [0.5, 0.6) is 0 Å². The second kappa shape index (κ2) is 7.00. The zero-order valence-electron chi connectivity index (χ0n) is 15.6. The van der Waals surface area contributed by atoms with Crippen molar-refractivity contribution in [3.8, 4) is 11.3 Å². The number of amides is 1. The molecule has 2 aromatic rings. The predicted molar refractivity (Wildman–Crippen MR) is 110 cm³/mol. The second-order valence-electron chi connectivity index (χ2n) is 8.99.